The normalized spacial score (nSPS) is 11.0. The van der Waals surface area contributed by atoms with Gasteiger partial charge in [-0.2, -0.15) is 0 Å². The van der Waals surface area contributed by atoms with Crippen LogP contribution in [0.5, 0.6) is 5.75 Å². The summed E-state index contributed by atoms with van der Waals surface area (Å²) in [5.41, 5.74) is 3.43. The Kier molecular flexibility index (Phi) is 9.20. The van der Waals surface area contributed by atoms with Gasteiger partial charge in [0, 0.05) is 31.4 Å². The van der Waals surface area contributed by atoms with E-state index in [2.05, 4.69) is 52.7 Å². The van der Waals surface area contributed by atoms with Crippen molar-refractivity contribution in [3.8, 4) is 5.75 Å². The van der Waals surface area contributed by atoms with Crippen LogP contribution >= 0.6 is 35.3 Å². The second-order valence-corrected chi connectivity index (χ2v) is 6.94. The van der Waals surface area contributed by atoms with Crippen LogP contribution in [0.25, 0.3) is 0 Å². The summed E-state index contributed by atoms with van der Waals surface area (Å²) >= 11 is 1.76. The van der Waals surface area contributed by atoms with Crippen LogP contribution in [0.2, 0.25) is 0 Å². The molecule has 1 aromatic carbocycles. The minimum atomic E-state index is 0. The van der Waals surface area contributed by atoms with Gasteiger partial charge in [-0.1, -0.05) is 12.1 Å². The predicted octanol–water partition coefficient (Wildman–Crippen LogP) is 3.60. The Balaban J connectivity index is 0.00000312. The van der Waals surface area contributed by atoms with Gasteiger partial charge in [0.05, 0.1) is 17.8 Å². The molecular formula is C18H27IN4OS. The largest absolute Gasteiger partial charge is 0.496 e. The molecule has 5 nitrogen and oxygen atoms in total. The molecule has 1 aromatic heterocycles. The first-order valence-electron chi connectivity index (χ1n) is 8.04. The number of ether oxygens (including phenoxy) is 1. The molecule has 0 atom stereocenters. The molecule has 0 fully saturated rings. The fraction of sp³-hybridized carbons (Fsp3) is 0.444. The van der Waals surface area contributed by atoms with Gasteiger partial charge in [0.2, 0.25) is 0 Å². The Morgan fingerprint density at radius 2 is 2.00 bits per heavy atom. The van der Waals surface area contributed by atoms with E-state index in [1.54, 1.807) is 25.5 Å². The molecule has 2 rings (SSSR count). The molecule has 0 aliphatic rings. The van der Waals surface area contributed by atoms with Gasteiger partial charge in [-0.3, -0.25) is 4.99 Å². The Hall–Kier alpha value is -1.35. The number of methoxy groups -OCH3 is 1. The summed E-state index contributed by atoms with van der Waals surface area (Å²) in [5.74, 6) is 1.70. The molecule has 7 heteroatoms. The maximum Gasteiger partial charge on any atom is 0.191 e. The van der Waals surface area contributed by atoms with Crippen molar-refractivity contribution in [2.75, 3.05) is 20.7 Å². The van der Waals surface area contributed by atoms with Crippen molar-refractivity contribution in [2.24, 2.45) is 4.99 Å². The van der Waals surface area contributed by atoms with Crippen molar-refractivity contribution in [1.82, 2.24) is 15.6 Å². The van der Waals surface area contributed by atoms with E-state index in [9.17, 15) is 0 Å². The quantitative estimate of drug-likeness (QED) is 0.382. The highest BCUT2D eigenvalue weighted by Crippen LogP contribution is 2.19. The maximum absolute atomic E-state index is 5.36. The topological polar surface area (TPSA) is 58.5 Å². The van der Waals surface area contributed by atoms with Crippen LogP contribution in [0.4, 0.5) is 0 Å². The van der Waals surface area contributed by atoms with Gasteiger partial charge in [-0.05, 0) is 38.0 Å². The molecular weight excluding hydrogens is 447 g/mol. The number of aliphatic imine (C=N–C) groups is 1. The fourth-order valence-electron chi connectivity index (χ4n) is 2.31. The van der Waals surface area contributed by atoms with Crippen LogP contribution in [-0.4, -0.2) is 31.6 Å². The number of hydrogen-bond donors (Lipinski definition) is 2. The van der Waals surface area contributed by atoms with Crippen LogP contribution in [-0.2, 0) is 13.0 Å². The third-order valence-corrected chi connectivity index (χ3v) is 4.99. The fourth-order valence-corrected chi connectivity index (χ4v) is 3.25. The minimum Gasteiger partial charge on any atom is -0.496 e. The summed E-state index contributed by atoms with van der Waals surface area (Å²) in [6.07, 6.45) is 0.901. The van der Waals surface area contributed by atoms with Gasteiger partial charge in [0.1, 0.15) is 5.75 Å². The van der Waals surface area contributed by atoms with Crippen molar-refractivity contribution < 1.29 is 4.74 Å². The van der Waals surface area contributed by atoms with Gasteiger partial charge in [0.25, 0.3) is 0 Å². The van der Waals surface area contributed by atoms with Gasteiger partial charge in [-0.25, -0.2) is 4.98 Å². The Morgan fingerprint density at radius 1 is 1.24 bits per heavy atom. The zero-order chi connectivity index (χ0) is 17.5. The van der Waals surface area contributed by atoms with E-state index in [0.717, 1.165) is 46.5 Å². The summed E-state index contributed by atoms with van der Waals surface area (Å²) in [6, 6.07) is 6.22. The summed E-state index contributed by atoms with van der Waals surface area (Å²) in [6.45, 7) is 7.72. The second kappa shape index (κ2) is 10.6. The molecule has 0 aliphatic heterocycles. The smallest absolute Gasteiger partial charge is 0.191 e. The van der Waals surface area contributed by atoms with Crippen molar-refractivity contribution in [2.45, 2.75) is 33.7 Å². The molecule has 0 radical (unpaired) electrons. The highest BCUT2D eigenvalue weighted by molar-refractivity contribution is 14.0. The monoisotopic (exact) mass is 474 g/mol. The van der Waals surface area contributed by atoms with Gasteiger partial charge in [0.15, 0.2) is 5.96 Å². The number of rotatable bonds is 6. The van der Waals surface area contributed by atoms with Crippen LogP contribution in [0.15, 0.2) is 23.2 Å². The zero-order valence-electron chi connectivity index (χ0n) is 15.5. The molecule has 0 amide bonds. The van der Waals surface area contributed by atoms with Crippen molar-refractivity contribution in [1.29, 1.82) is 0 Å². The third kappa shape index (κ3) is 6.47. The Labute approximate surface area is 171 Å². The average molecular weight is 474 g/mol. The van der Waals surface area contributed by atoms with Crippen LogP contribution in [0, 0.1) is 20.8 Å². The van der Waals surface area contributed by atoms with E-state index in [1.807, 2.05) is 6.92 Å². The van der Waals surface area contributed by atoms with E-state index >= 15 is 0 Å². The number of nitrogens with one attached hydrogen (secondary N) is 2. The number of hydrogen-bond acceptors (Lipinski definition) is 4. The summed E-state index contributed by atoms with van der Waals surface area (Å²) in [5, 5.41) is 7.82. The minimum absolute atomic E-state index is 0. The maximum atomic E-state index is 5.36. The first-order chi connectivity index (χ1) is 11.5. The number of thiazole rings is 1. The lowest BCUT2D eigenvalue weighted by atomic mass is 10.1. The highest BCUT2D eigenvalue weighted by Gasteiger charge is 2.05. The lowest BCUT2D eigenvalue weighted by Crippen LogP contribution is -2.37. The van der Waals surface area contributed by atoms with Gasteiger partial charge >= 0.3 is 0 Å². The molecule has 0 bridgehead atoms. The summed E-state index contributed by atoms with van der Waals surface area (Å²) in [4.78, 5) is 10.1. The van der Waals surface area contributed by atoms with E-state index < -0.39 is 0 Å². The number of halogens is 1. The molecule has 1 heterocycles. The number of benzene rings is 1. The molecule has 0 unspecified atom stereocenters. The predicted molar refractivity (Wildman–Crippen MR) is 117 cm³/mol. The Morgan fingerprint density at radius 3 is 2.60 bits per heavy atom. The standard InChI is InChI=1S/C18H26N4OS.HI/c1-12-6-7-15(10-16(12)23-5)11-21-18(19-4)20-9-8-17-22-13(2)14(3)24-17;/h6-7,10H,8-9,11H2,1-5H3,(H2,19,20,21);1H. The van der Waals surface area contributed by atoms with E-state index in [0.29, 0.717) is 6.54 Å². The molecule has 2 N–H and O–H groups in total. The molecule has 0 saturated carbocycles. The summed E-state index contributed by atoms with van der Waals surface area (Å²) < 4.78 is 5.36. The SMILES string of the molecule is CN=C(NCCc1nc(C)c(C)s1)NCc1ccc(C)c(OC)c1.I. The second-order valence-electron chi connectivity index (χ2n) is 5.66. The van der Waals surface area contributed by atoms with Gasteiger partial charge < -0.3 is 15.4 Å². The molecule has 138 valence electrons. The zero-order valence-corrected chi connectivity index (χ0v) is 18.6. The third-order valence-electron chi connectivity index (χ3n) is 3.86. The van der Waals surface area contributed by atoms with Crippen molar-refractivity contribution in [3.63, 3.8) is 0 Å². The van der Waals surface area contributed by atoms with Crippen LogP contribution in [0.1, 0.15) is 26.7 Å². The highest BCUT2D eigenvalue weighted by atomic mass is 127. The summed E-state index contributed by atoms with van der Waals surface area (Å²) in [7, 11) is 3.48. The van der Waals surface area contributed by atoms with Crippen molar-refractivity contribution >= 4 is 41.3 Å². The van der Waals surface area contributed by atoms with Gasteiger partial charge in [-0.15, -0.1) is 35.3 Å². The number of aryl methyl sites for hydroxylation is 3. The molecule has 0 aliphatic carbocycles. The van der Waals surface area contributed by atoms with Crippen molar-refractivity contribution in [3.05, 3.63) is 44.9 Å². The van der Waals surface area contributed by atoms with Crippen LogP contribution < -0.4 is 15.4 Å². The first-order valence-corrected chi connectivity index (χ1v) is 8.86. The van der Waals surface area contributed by atoms with E-state index in [-0.39, 0.29) is 24.0 Å². The number of guanidine groups is 1. The Bertz CT molecular complexity index is 696. The van der Waals surface area contributed by atoms with Crippen LogP contribution in [0.3, 0.4) is 0 Å². The molecule has 0 saturated heterocycles. The molecule has 2 aromatic rings. The average Bonchev–Trinajstić information content (AvgIpc) is 2.90. The van der Waals surface area contributed by atoms with E-state index in [1.165, 1.54) is 4.88 Å². The number of nitrogens with zero attached hydrogens (tertiary/aromatic N) is 2. The lowest BCUT2D eigenvalue weighted by Gasteiger charge is -2.12. The molecule has 25 heavy (non-hydrogen) atoms. The van der Waals surface area contributed by atoms with E-state index in [4.69, 9.17) is 4.74 Å². The molecule has 0 spiro atoms. The first kappa shape index (κ1) is 21.7. The lowest BCUT2D eigenvalue weighted by molar-refractivity contribution is 0.411. The number of aromatic nitrogens is 1.